The molecule has 4 rings (SSSR count). The average molecular weight is 344 g/mol. The van der Waals surface area contributed by atoms with Gasteiger partial charge in [0.2, 0.25) is 0 Å². The van der Waals surface area contributed by atoms with E-state index in [9.17, 15) is 4.79 Å². The summed E-state index contributed by atoms with van der Waals surface area (Å²) in [5, 5.41) is 7.39. The van der Waals surface area contributed by atoms with E-state index in [1.807, 2.05) is 19.3 Å². The molecule has 0 bridgehead atoms. The lowest BCUT2D eigenvalue weighted by atomic mass is 10.2. The Balaban J connectivity index is 1.61. The predicted octanol–water partition coefficient (Wildman–Crippen LogP) is 1.14. The van der Waals surface area contributed by atoms with E-state index in [1.54, 1.807) is 18.1 Å². The number of fused-ring (bicyclic) bond motifs is 1. The van der Waals surface area contributed by atoms with Gasteiger partial charge >= 0.3 is 0 Å². The second kappa shape index (κ2) is 6.45. The lowest BCUT2D eigenvalue weighted by Crippen LogP contribution is -2.38. The number of amides is 1. The Kier molecular flexibility index (Phi) is 4.15. The van der Waals surface area contributed by atoms with E-state index in [0.717, 1.165) is 59.1 Å². The molecule has 0 unspecified atom stereocenters. The van der Waals surface area contributed by atoms with Gasteiger partial charge in [-0.25, -0.2) is 9.97 Å². The average Bonchev–Trinajstić information content (AvgIpc) is 3.25. The van der Waals surface area contributed by atoms with Crippen LogP contribution in [0, 0.1) is 6.92 Å². The van der Waals surface area contributed by atoms with E-state index >= 15 is 0 Å². The van der Waals surface area contributed by atoms with Crippen molar-refractivity contribution in [2.24, 2.45) is 0 Å². The smallest absolute Gasteiger partial charge is 0.259 e. The van der Waals surface area contributed by atoms with Crippen molar-refractivity contribution in [2.45, 2.75) is 19.4 Å². The van der Waals surface area contributed by atoms with Gasteiger partial charge in [0, 0.05) is 37.3 Å². The topological polar surface area (TPSA) is 85.9 Å². The largest absolute Gasteiger partial charge is 0.347 e. The van der Waals surface area contributed by atoms with Gasteiger partial charge in [0.1, 0.15) is 17.8 Å². The molecule has 1 atom stereocenters. The van der Waals surface area contributed by atoms with Gasteiger partial charge in [0.25, 0.3) is 5.91 Å². The maximum atomic E-state index is 12.5. The molecule has 0 saturated carbocycles. The Bertz CT molecular complexity index is 795. The maximum Gasteiger partial charge on any atom is 0.259 e. The van der Waals surface area contributed by atoms with Crippen LogP contribution in [0.3, 0.4) is 0 Å². The third-order valence-electron chi connectivity index (χ3n) is 4.40. The van der Waals surface area contributed by atoms with Crippen LogP contribution in [0.5, 0.6) is 0 Å². The first-order chi connectivity index (χ1) is 11.7. The molecule has 3 N–H and O–H groups in total. The van der Waals surface area contributed by atoms with Gasteiger partial charge in [-0.15, -0.1) is 11.8 Å². The molecule has 24 heavy (non-hydrogen) atoms. The zero-order valence-electron chi connectivity index (χ0n) is 13.5. The number of rotatable bonds is 3. The minimum Gasteiger partial charge on any atom is -0.347 e. The number of anilines is 1. The van der Waals surface area contributed by atoms with Crippen molar-refractivity contribution in [1.82, 2.24) is 25.6 Å². The number of hydrogen-bond acceptors (Lipinski definition) is 6. The Morgan fingerprint density at radius 2 is 2.38 bits per heavy atom. The molecule has 1 amide bonds. The first-order valence-corrected chi connectivity index (χ1v) is 9.12. The molecule has 4 heterocycles. The second-order valence-electron chi connectivity index (χ2n) is 6.09. The molecule has 0 aromatic carbocycles. The van der Waals surface area contributed by atoms with Crippen molar-refractivity contribution in [3.05, 3.63) is 29.2 Å². The van der Waals surface area contributed by atoms with Crippen LogP contribution >= 0.6 is 11.8 Å². The molecule has 2 aromatic rings. The summed E-state index contributed by atoms with van der Waals surface area (Å²) in [5.41, 5.74) is 1.93. The summed E-state index contributed by atoms with van der Waals surface area (Å²) in [4.78, 5) is 27.2. The fourth-order valence-electron chi connectivity index (χ4n) is 3.14. The number of nitrogens with zero attached hydrogens (tertiary/aromatic N) is 3. The molecule has 0 radical (unpaired) electrons. The van der Waals surface area contributed by atoms with E-state index in [1.165, 1.54) is 0 Å². The number of H-pyrrole nitrogens is 1. The second-order valence-corrected chi connectivity index (χ2v) is 7.23. The molecule has 8 heteroatoms. The Morgan fingerprint density at radius 3 is 3.21 bits per heavy atom. The van der Waals surface area contributed by atoms with Gasteiger partial charge in [-0.05, 0) is 25.5 Å². The number of nitrogens with one attached hydrogen (secondary N) is 3. The number of aryl methyl sites for hydroxylation is 1. The molecule has 2 aliphatic heterocycles. The number of carbonyl (C=O) groups is 1. The summed E-state index contributed by atoms with van der Waals surface area (Å²) in [5.74, 6) is 1.72. The van der Waals surface area contributed by atoms with Crippen LogP contribution < -0.4 is 15.5 Å². The van der Waals surface area contributed by atoms with Gasteiger partial charge in [-0.2, -0.15) is 0 Å². The summed E-state index contributed by atoms with van der Waals surface area (Å²) in [6, 6.07) is 0.229. The summed E-state index contributed by atoms with van der Waals surface area (Å²) in [6.07, 6.45) is 6.40. The minimum atomic E-state index is 0.00879. The van der Waals surface area contributed by atoms with Crippen LogP contribution in [-0.4, -0.2) is 52.3 Å². The molecule has 2 aromatic heterocycles. The third kappa shape index (κ3) is 2.87. The fraction of sp³-hybridized carbons (Fsp3) is 0.438. The maximum absolute atomic E-state index is 12.5. The summed E-state index contributed by atoms with van der Waals surface area (Å²) >= 11 is 1.60. The zero-order chi connectivity index (χ0) is 16.5. The summed E-state index contributed by atoms with van der Waals surface area (Å²) in [6.45, 7) is 4.68. The van der Waals surface area contributed by atoms with Gasteiger partial charge in [0.05, 0.1) is 10.3 Å². The summed E-state index contributed by atoms with van der Waals surface area (Å²) in [7, 11) is 0. The van der Waals surface area contributed by atoms with Crippen molar-refractivity contribution in [3.63, 3.8) is 0 Å². The molecule has 1 fully saturated rings. The normalized spacial score (nSPS) is 21.1. The van der Waals surface area contributed by atoms with E-state index < -0.39 is 0 Å². The number of hydrogen-bond donors (Lipinski definition) is 3. The van der Waals surface area contributed by atoms with Gasteiger partial charge < -0.3 is 20.5 Å². The Morgan fingerprint density at radius 1 is 1.46 bits per heavy atom. The van der Waals surface area contributed by atoms with E-state index in [2.05, 4.69) is 30.5 Å². The molecule has 126 valence electrons. The lowest BCUT2D eigenvalue weighted by molar-refractivity contribution is -0.117. The minimum absolute atomic E-state index is 0.00879. The van der Waals surface area contributed by atoms with Crippen LogP contribution in [0.2, 0.25) is 0 Å². The molecule has 7 nitrogen and oxygen atoms in total. The van der Waals surface area contributed by atoms with E-state index in [-0.39, 0.29) is 11.9 Å². The molecule has 1 saturated heterocycles. The number of aromatic amines is 1. The monoisotopic (exact) mass is 344 g/mol. The highest BCUT2D eigenvalue weighted by molar-refractivity contribution is 8.04. The van der Waals surface area contributed by atoms with Crippen LogP contribution in [0.1, 0.15) is 12.0 Å². The molecule has 0 spiro atoms. The fourth-order valence-corrected chi connectivity index (χ4v) is 4.04. The number of carbonyl (C=O) groups excluding carboxylic acids is 1. The van der Waals surface area contributed by atoms with Gasteiger partial charge in [-0.1, -0.05) is 0 Å². The highest BCUT2D eigenvalue weighted by Crippen LogP contribution is 2.30. The molecular formula is C16H20N6OS. The van der Waals surface area contributed by atoms with Crippen LogP contribution in [0.15, 0.2) is 23.6 Å². The van der Waals surface area contributed by atoms with Crippen molar-refractivity contribution in [2.75, 3.05) is 30.3 Å². The first kappa shape index (κ1) is 15.5. The standard InChI is InChI=1S/C16H20N6OS/c1-10-6-18-14-13(10)15(20-9-19-14)22-4-5-24-12(8-22)16(23)21-11-2-3-17-7-11/h6,8-9,11,17H,2-5,7H2,1H3,(H,21,23)(H,18,19,20)/t11-/m0/s1. The summed E-state index contributed by atoms with van der Waals surface area (Å²) < 4.78 is 0. The first-order valence-electron chi connectivity index (χ1n) is 8.14. The van der Waals surface area contributed by atoms with Crippen molar-refractivity contribution in [1.29, 1.82) is 0 Å². The Labute approximate surface area is 144 Å². The highest BCUT2D eigenvalue weighted by atomic mass is 32.2. The number of thioether (sulfide) groups is 1. The molecule has 2 aliphatic rings. The van der Waals surface area contributed by atoms with Crippen molar-refractivity contribution in [3.8, 4) is 0 Å². The molecule has 0 aliphatic carbocycles. The lowest BCUT2D eigenvalue weighted by Gasteiger charge is -2.26. The highest BCUT2D eigenvalue weighted by Gasteiger charge is 2.24. The predicted molar refractivity (Wildman–Crippen MR) is 95.9 cm³/mol. The van der Waals surface area contributed by atoms with Crippen LogP contribution in [0.25, 0.3) is 11.0 Å². The van der Waals surface area contributed by atoms with Crippen LogP contribution in [0.4, 0.5) is 5.82 Å². The zero-order valence-corrected chi connectivity index (χ0v) is 14.3. The van der Waals surface area contributed by atoms with Crippen molar-refractivity contribution >= 4 is 34.5 Å². The Hall–Kier alpha value is -2.06. The van der Waals surface area contributed by atoms with Crippen molar-refractivity contribution < 1.29 is 4.79 Å². The van der Waals surface area contributed by atoms with Gasteiger partial charge in [-0.3, -0.25) is 4.79 Å². The van der Waals surface area contributed by atoms with Gasteiger partial charge in [0.15, 0.2) is 0 Å². The van der Waals surface area contributed by atoms with E-state index in [4.69, 9.17) is 0 Å². The van der Waals surface area contributed by atoms with Crippen LogP contribution in [-0.2, 0) is 4.79 Å². The number of aromatic nitrogens is 3. The molecular weight excluding hydrogens is 324 g/mol. The quantitative estimate of drug-likeness (QED) is 0.774. The SMILES string of the molecule is Cc1c[nH]c2ncnc(N3C=C(C(=O)N[C@H]4CCNC4)SCC3)c12. The third-order valence-corrected chi connectivity index (χ3v) is 5.39. The van der Waals surface area contributed by atoms with E-state index in [0.29, 0.717) is 0 Å².